The number of fused-ring (bicyclic) bond motifs is 2. The van der Waals surface area contributed by atoms with Crippen LogP contribution in [0.15, 0.2) is 16.7 Å². The van der Waals surface area contributed by atoms with Crippen molar-refractivity contribution in [1.82, 2.24) is 0 Å². The van der Waals surface area contributed by atoms with Gasteiger partial charge in [-0.05, 0) is 30.7 Å². The third-order valence-corrected chi connectivity index (χ3v) is 4.41. The van der Waals surface area contributed by atoms with Crippen molar-refractivity contribution < 1.29 is 13.9 Å². The molecule has 92 valence electrons. The molecule has 1 aromatic heterocycles. The van der Waals surface area contributed by atoms with Crippen LogP contribution in [-0.4, -0.2) is 13.1 Å². The third kappa shape index (κ3) is 1.68. The molecular formula is C14H18O3. The van der Waals surface area contributed by atoms with Crippen LogP contribution in [0.3, 0.4) is 0 Å². The second-order valence-electron chi connectivity index (χ2n) is 5.21. The molecule has 1 heterocycles. The van der Waals surface area contributed by atoms with Gasteiger partial charge < -0.3 is 9.15 Å². The lowest BCUT2D eigenvalue weighted by atomic mass is 9.65. The van der Waals surface area contributed by atoms with E-state index < -0.39 is 0 Å². The summed E-state index contributed by atoms with van der Waals surface area (Å²) in [5.74, 6) is 1.88. The predicted octanol–water partition coefficient (Wildman–Crippen LogP) is 2.90. The molecule has 2 aliphatic rings. The molecule has 0 saturated heterocycles. The highest BCUT2D eigenvalue weighted by Gasteiger charge is 2.43. The molecule has 3 heteroatoms. The van der Waals surface area contributed by atoms with E-state index in [1.165, 1.54) is 26.4 Å². The highest BCUT2D eigenvalue weighted by molar-refractivity contribution is 5.79. The second kappa shape index (κ2) is 4.21. The van der Waals surface area contributed by atoms with Crippen molar-refractivity contribution >= 4 is 5.97 Å². The van der Waals surface area contributed by atoms with Crippen molar-refractivity contribution in [2.75, 3.05) is 7.11 Å². The first-order chi connectivity index (χ1) is 8.31. The van der Waals surface area contributed by atoms with Gasteiger partial charge in [0.1, 0.15) is 5.76 Å². The standard InChI is InChI=1S/C14H18O3/c1-16-14(15)13-10-5-3-2-4-9(10)8-12-11(13)6-7-17-12/h6-7,9-10,13H,2-5,8H2,1H3/t9-,10-,13+/m1/s1. The van der Waals surface area contributed by atoms with Crippen LogP contribution in [0.5, 0.6) is 0 Å². The first kappa shape index (κ1) is 10.9. The van der Waals surface area contributed by atoms with Gasteiger partial charge in [0.05, 0.1) is 19.3 Å². The zero-order valence-corrected chi connectivity index (χ0v) is 10.1. The Hall–Kier alpha value is -1.25. The van der Waals surface area contributed by atoms with E-state index in [9.17, 15) is 4.79 Å². The van der Waals surface area contributed by atoms with Gasteiger partial charge in [-0.3, -0.25) is 4.79 Å². The topological polar surface area (TPSA) is 39.4 Å². The minimum atomic E-state index is -0.0933. The molecule has 1 aromatic rings. The maximum Gasteiger partial charge on any atom is 0.313 e. The summed E-state index contributed by atoms with van der Waals surface area (Å²) in [4.78, 5) is 12.0. The van der Waals surface area contributed by atoms with Crippen LogP contribution < -0.4 is 0 Å². The van der Waals surface area contributed by atoms with E-state index in [1.807, 2.05) is 6.07 Å². The summed E-state index contributed by atoms with van der Waals surface area (Å²) >= 11 is 0. The fourth-order valence-corrected chi connectivity index (χ4v) is 3.62. The number of furan rings is 1. The molecule has 1 fully saturated rings. The molecule has 0 unspecified atom stereocenters. The number of ether oxygens (including phenoxy) is 1. The third-order valence-electron chi connectivity index (χ3n) is 4.41. The van der Waals surface area contributed by atoms with E-state index in [-0.39, 0.29) is 11.9 Å². The van der Waals surface area contributed by atoms with Gasteiger partial charge in [0.25, 0.3) is 0 Å². The molecule has 0 amide bonds. The van der Waals surface area contributed by atoms with Crippen molar-refractivity contribution in [3.8, 4) is 0 Å². The van der Waals surface area contributed by atoms with E-state index in [1.54, 1.807) is 6.26 Å². The first-order valence-corrected chi connectivity index (χ1v) is 6.45. The van der Waals surface area contributed by atoms with Gasteiger partial charge in [0, 0.05) is 12.0 Å². The highest BCUT2D eigenvalue weighted by atomic mass is 16.5. The SMILES string of the molecule is COC(=O)[C@@H]1c2ccoc2C[C@H]2CCCC[C@H]21. The van der Waals surface area contributed by atoms with Gasteiger partial charge in [-0.15, -0.1) is 0 Å². The summed E-state index contributed by atoms with van der Waals surface area (Å²) in [5, 5.41) is 0. The Morgan fingerprint density at radius 3 is 3.06 bits per heavy atom. The monoisotopic (exact) mass is 234 g/mol. The lowest BCUT2D eigenvalue weighted by Crippen LogP contribution is -2.36. The van der Waals surface area contributed by atoms with Crippen LogP contribution in [0, 0.1) is 11.8 Å². The molecule has 0 radical (unpaired) electrons. The largest absolute Gasteiger partial charge is 0.469 e. The minimum Gasteiger partial charge on any atom is -0.469 e. The summed E-state index contributed by atoms with van der Waals surface area (Å²) < 4.78 is 10.5. The Balaban J connectivity index is 2.00. The van der Waals surface area contributed by atoms with Crippen molar-refractivity contribution in [2.45, 2.75) is 38.0 Å². The molecule has 0 aromatic carbocycles. The van der Waals surface area contributed by atoms with Gasteiger partial charge in [-0.25, -0.2) is 0 Å². The summed E-state index contributed by atoms with van der Waals surface area (Å²) in [6.45, 7) is 0. The van der Waals surface area contributed by atoms with E-state index in [4.69, 9.17) is 9.15 Å². The fourth-order valence-electron chi connectivity index (χ4n) is 3.62. The number of rotatable bonds is 1. The molecule has 17 heavy (non-hydrogen) atoms. The Labute approximate surface area is 101 Å². The Kier molecular flexibility index (Phi) is 2.69. The molecule has 0 N–H and O–H groups in total. The van der Waals surface area contributed by atoms with Gasteiger partial charge in [-0.2, -0.15) is 0 Å². The maximum absolute atomic E-state index is 12.0. The summed E-state index contributed by atoms with van der Waals surface area (Å²) in [6, 6.07) is 1.95. The van der Waals surface area contributed by atoms with Gasteiger partial charge in [0.15, 0.2) is 0 Å². The fraction of sp³-hybridized carbons (Fsp3) is 0.643. The Morgan fingerprint density at radius 1 is 1.41 bits per heavy atom. The van der Waals surface area contributed by atoms with E-state index in [0.29, 0.717) is 11.8 Å². The average molecular weight is 234 g/mol. The molecule has 0 bridgehead atoms. The molecular weight excluding hydrogens is 216 g/mol. The first-order valence-electron chi connectivity index (χ1n) is 6.45. The van der Waals surface area contributed by atoms with Crippen LogP contribution in [0.2, 0.25) is 0 Å². The van der Waals surface area contributed by atoms with Crippen LogP contribution in [0.1, 0.15) is 42.9 Å². The number of hydrogen-bond acceptors (Lipinski definition) is 3. The molecule has 3 atom stereocenters. The molecule has 3 nitrogen and oxygen atoms in total. The molecule has 0 aliphatic heterocycles. The van der Waals surface area contributed by atoms with Crippen LogP contribution in [0.25, 0.3) is 0 Å². The number of carbonyl (C=O) groups excluding carboxylic acids is 1. The summed E-state index contributed by atoms with van der Waals surface area (Å²) in [5.41, 5.74) is 1.07. The normalized spacial score (nSPS) is 31.5. The average Bonchev–Trinajstić information content (AvgIpc) is 2.82. The number of esters is 1. The molecule has 0 spiro atoms. The van der Waals surface area contributed by atoms with Crippen molar-refractivity contribution in [2.24, 2.45) is 11.8 Å². The van der Waals surface area contributed by atoms with E-state index in [0.717, 1.165) is 24.2 Å². The Morgan fingerprint density at radius 2 is 2.24 bits per heavy atom. The van der Waals surface area contributed by atoms with Crippen LogP contribution in [-0.2, 0) is 16.0 Å². The number of hydrogen-bond donors (Lipinski definition) is 0. The lowest BCUT2D eigenvalue weighted by Gasteiger charge is -2.39. The maximum atomic E-state index is 12.0. The van der Waals surface area contributed by atoms with Crippen LogP contribution in [0.4, 0.5) is 0 Å². The molecule has 3 rings (SSSR count). The zero-order chi connectivity index (χ0) is 11.8. The lowest BCUT2D eigenvalue weighted by molar-refractivity contribution is -0.145. The van der Waals surface area contributed by atoms with Gasteiger partial charge in [0.2, 0.25) is 0 Å². The highest BCUT2D eigenvalue weighted by Crippen LogP contribution is 2.47. The molecule has 1 saturated carbocycles. The number of carbonyl (C=O) groups is 1. The smallest absolute Gasteiger partial charge is 0.313 e. The van der Waals surface area contributed by atoms with Crippen LogP contribution >= 0.6 is 0 Å². The van der Waals surface area contributed by atoms with Crippen molar-refractivity contribution in [1.29, 1.82) is 0 Å². The quantitative estimate of drug-likeness (QED) is 0.701. The Bertz CT molecular complexity index is 421. The van der Waals surface area contributed by atoms with Gasteiger partial charge >= 0.3 is 5.97 Å². The van der Waals surface area contributed by atoms with E-state index in [2.05, 4.69) is 0 Å². The second-order valence-corrected chi connectivity index (χ2v) is 5.21. The van der Waals surface area contributed by atoms with E-state index >= 15 is 0 Å². The van der Waals surface area contributed by atoms with Crippen molar-refractivity contribution in [3.05, 3.63) is 23.7 Å². The minimum absolute atomic E-state index is 0.0900. The number of methoxy groups -OCH3 is 1. The summed E-state index contributed by atoms with van der Waals surface area (Å²) in [6.07, 6.45) is 7.60. The zero-order valence-electron chi connectivity index (χ0n) is 10.1. The predicted molar refractivity (Wildman–Crippen MR) is 62.6 cm³/mol. The molecule has 2 aliphatic carbocycles. The van der Waals surface area contributed by atoms with Crippen molar-refractivity contribution in [3.63, 3.8) is 0 Å². The van der Waals surface area contributed by atoms with Gasteiger partial charge in [-0.1, -0.05) is 12.8 Å². The summed E-state index contributed by atoms with van der Waals surface area (Å²) in [7, 11) is 1.48.